The molecule has 0 radical (unpaired) electrons. The second-order valence-corrected chi connectivity index (χ2v) is 11.0. The number of hydrogen-bond donors (Lipinski definition) is 1. The van der Waals surface area contributed by atoms with Crippen molar-refractivity contribution in [2.75, 3.05) is 0 Å². The van der Waals surface area contributed by atoms with Gasteiger partial charge in [0.2, 0.25) is 0 Å². The van der Waals surface area contributed by atoms with E-state index in [0.29, 0.717) is 0 Å². The molecule has 1 atom stereocenters. The second kappa shape index (κ2) is 30.1. The van der Waals surface area contributed by atoms with Crippen molar-refractivity contribution in [1.82, 2.24) is 0 Å². The summed E-state index contributed by atoms with van der Waals surface area (Å²) in [6.45, 7) is 33.3. The third kappa shape index (κ3) is 20.5. The van der Waals surface area contributed by atoms with Crippen LogP contribution in [0.3, 0.4) is 0 Å². The van der Waals surface area contributed by atoms with E-state index in [-0.39, 0.29) is 6.04 Å². The summed E-state index contributed by atoms with van der Waals surface area (Å²) >= 11 is 0. The fraction of sp³-hybridized carbons (Fsp3) is 0.561. The molecule has 0 saturated carbocycles. The molecule has 0 fully saturated rings. The van der Waals surface area contributed by atoms with Crippen LogP contribution in [0.4, 0.5) is 0 Å². The van der Waals surface area contributed by atoms with Crippen LogP contribution in [0.25, 0.3) is 11.6 Å². The van der Waals surface area contributed by atoms with E-state index in [9.17, 15) is 0 Å². The molecule has 0 amide bonds. The number of benzene rings is 2. The zero-order valence-corrected chi connectivity index (χ0v) is 30.3. The first-order valence-electron chi connectivity index (χ1n) is 16.9. The van der Waals surface area contributed by atoms with E-state index < -0.39 is 0 Å². The molecule has 240 valence electrons. The Morgan fingerprint density at radius 1 is 0.810 bits per heavy atom. The van der Waals surface area contributed by atoms with Gasteiger partial charge in [-0.2, -0.15) is 0 Å². The van der Waals surface area contributed by atoms with Gasteiger partial charge < -0.3 is 5.73 Å². The van der Waals surface area contributed by atoms with Crippen LogP contribution in [0.2, 0.25) is 0 Å². The lowest BCUT2D eigenvalue weighted by atomic mass is 9.85. The molecule has 0 spiro atoms. The molecule has 2 rings (SSSR count). The van der Waals surface area contributed by atoms with Gasteiger partial charge in [-0.15, -0.1) is 6.58 Å². The summed E-state index contributed by atoms with van der Waals surface area (Å²) < 4.78 is 0. The Bertz CT molecular complexity index is 941. The summed E-state index contributed by atoms with van der Waals surface area (Å²) in [5.41, 5.74) is 16.9. The van der Waals surface area contributed by atoms with Crippen molar-refractivity contribution in [2.45, 2.75) is 153 Å². The number of unbranched alkanes of at least 4 members (excludes halogenated alkanes) is 4. The average molecular weight is 578 g/mol. The first-order valence-corrected chi connectivity index (χ1v) is 16.9. The molecule has 0 aliphatic heterocycles. The van der Waals surface area contributed by atoms with E-state index in [1.165, 1.54) is 83.9 Å². The van der Waals surface area contributed by atoms with Crippen LogP contribution < -0.4 is 5.73 Å². The largest absolute Gasteiger partial charge is 0.324 e. The summed E-state index contributed by atoms with van der Waals surface area (Å²) in [4.78, 5) is 0. The molecule has 0 bridgehead atoms. The Morgan fingerprint density at radius 2 is 1.29 bits per heavy atom. The third-order valence-corrected chi connectivity index (χ3v) is 6.57. The molecule has 1 unspecified atom stereocenters. The quantitative estimate of drug-likeness (QED) is 0.197. The Hall–Kier alpha value is -2.38. The van der Waals surface area contributed by atoms with Gasteiger partial charge >= 0.3 is 0 Å². The van der Waals surface area contributed by atoms with Gasteiger partial charge in [0.15, 0.2) is 0 Å². The topological polar surface area (TPSA) is 26.0 Å². The van der Waals surface area contributed by atoms with Crippen LogP contribution in [0.5, 0.6) is 0 Å². The molecular formula is C41H71N. The Kier molecular flexibility index (Phi) is 31.6. The van der Waals surface area contributed by atoms with Crippen LogP contribution in [-0.4, -0.2) is 0 Å². The van der Waals surface area contributed by atoms with Crippen molar-refractivity contribution >= 4 is 11.6 Å². The van der Waals surface area contributed by atoms with Gasteiger partial charge in [-0.1, -0.05) is 160 Å². The number of aryl methyl sites for hydroxylation is 1. The van der Waals surface area contributed by atoms with Gasteiger partial charge in [0, 0.05) is 6.04 Å². The zero-order valence-electron chi connectivity index (χ0n) is 30.3. The van der Waals surface area contributed by atoms with Crippen LogP contribution in [0.1, 0.15) is 167 Å². The standard InChI is InChI=1S/C20H30.C9H13N.C7H16.C3H6.C2H6/c1-8-10-17-18(11-9-2)20(12-14(3)4)16(7)13-19(17)15(5)6;1-2-9(10)8-6-4-3-5-7-8;1-3-5-7-6-4-2;1-3-2;1-2/h12-13H,5,8-11H2,1-4,6-7H3;3-7,9H,2,10H2,1H3;3-7H2,1-2H3;3H,1H2,2H3;1-2H3. The van der Waals surface area contributed by atoms with Crippen LogP contribution >= 0.6 is 0 Å². The summed E-state index contributed by atoms with van der Waals surface area (Å²) in [5.74, 6) is 0. The van der Waals surface area contributed by atoms with Gasteiger partial charge in [-0.3, -0.25) is 0 Å². The summed E-state index contributed by atoms with van der Waals surface area (Å²) in [6.07, 6.45) is 16.8. The molecule has 0 heterocycles. The zero-order chi connectivity index (χ0) is 32.9. The van der Waals surface area contributed by atoms with Gasteiger partial charge in [0.25, 0.3) is 0 Å². The fourth-order valence-electron chi connectivity index (χ4n) is 4.50. The monoisotopic (exact) mass is 578 g/mol. The van der Waals surface area contributed by atoms with Crippen LogP contribution in [0, 0.1) is 6.92 Å². The van der Waals surface area contributed by atoms with Crippen molar-refractivity contribution in [3.63, 3.8) is 0 Å². The molecule has 0 saturated heterocycles. The van der Waals surface area contributed by atoms with Crippen LogP contribution in [0.15, 0.2) is 61.2 Å². The number of rotatable bonds is 12. The summed E-state index contributed by atoms with van der Waals surface area (Å²) in [5, 5.41) is 0. The maximum atomic E-state index is 5.79. The number of nitrogens with two attached hydrogens (primary N) is 1. The molecular weight excluding hydrogens is 506 g/mol. The lowest BCUT2D eigenvalue weighted by Crippen LogP contribution is -2.07. The molecule has 42 heavy (non-hydrogen) atoms. The lowest BCUT2D eigenvalue weighted by molar-refractivity contribution is 0.656. The smallest absolute Gasteiger partial charge is 0.0292 e. The molecule has 0 aliphatic carbocycles. The summed E-state index contributed by atoms with van der Waals surface area (Å²) in [6, 6.07) is 12.7. The highest BCUT2D eigenvalue weighted by atomic mass is 14.6. The van der Waals surface area contributed by atoms with Crippen molar-refractivity contribution in [3.8, 4) is 0 Å². The highest BCUT2D eigenvalue weighted by molar-refractivity contribution is 5.72. The predicted molar refractivity (Wildman–Crippen MR) is 199 cm³/mol. The van der Waals surface area contributed by atoms with Crippen molar-refractivity contribution in [1.29, 1.82) is 0 Å². The van der Waals surface area contributed by atoms with Crippen molar-refractivity contribution in [2.24, 2.45) is 5.73 Å². The minimum absolute atomic E-state index is 0.209. The lowest BCUT2D eigenvalue weighted by Gasteiger charge is -2.20. The maximum Gasteiger partial charge on any atom is 0.0292 e. The van der Waals surface area contributed by atoms with Crippen molar-refractivity contribution < 1.29 is 0 Å². The maximum absolute atomic E-state index is 5.79. The summed E-state index contributed by atoms with van der Waals surface area (Å²) in [7, 11) is 0. The van der Waals surface area contributed by atoms with Gasteiger partial charge in [-0.25, -0.2) is 0 Å². The second-order valence-electron chi connectivity index (χ2n) is 11.0. The Morgan fingerprint density at radius 3 is 1.67 bits per heavy atom. The van der Waals surface area contributed by atoms with Crippen molar-refractivity contribution in [3.05, 3.63) is 94.6 Å². The Balaban J connectivity index is -0.000000573. The normalized spacial score (nSPS) is 10.1. The minimum Gasteiger partial charge on any atom is -0.324 e. The molecule has 0 aliphatic rings. The van der Waals surface area contributed by atoms with E-state index in [1.807, 2.05) is 39.0 Å². The van der Waals surface area contributed by atoms with E-state index in [0.717, 1.165) is 19.3 Å². The highest BCUT2D eigenvalue weighted by Crippen LogP contribution is 2.31. The highest BCUT2D eigenvalue weighted by Gasteiger charge is 2.14. The first-order chi connectivity index (χ1) is 20.1. The fourth-order valence-corrected chi connectivity index (χ4v) is 4.50. The molecule has 1 heteroatoms. The molecule has 1 nitrogen and oxygen atoms in total. The number of allylic oxidation sites excluding steroid dienone is 3. The van der Waals surface area contributed by atoms with E-state index in [2.05, 4.69) is 99.7 Å². The molecule has 2 aromatic carbocycles. The van der Waals surface area contributed by atoms with Gasteiger partial charge in [0.05, 0.1) is 0 Å². The SMILES string of the molecule is C=C(C)c1cc(C)c(C=C(C)C)c(CCC)c1CCC.C=CC.CC.CCC(N)c1ccccc1.CCCCCCC. The van der Waals surface area contributed by atoms with Gasteiger partial charge in [-0.05, 0) is 87.3 Å². The predicted octanol–water partition coefficient (Wildman–Crippen LogP) is 13.6. The molecule has 0 aromatic heterocycles. The number of hydrogen-bond acceptors (Lipinski definition) is 1. The van der Waals surface area contributed by atoms with E-state index >= 15 is 0 Å². The molecule has 2 N–H and O–H groups in total. The van der Waals surface area contributed by atoms with Crippen LogP contribution in [-0.2, 0) is 12.8 Å². The van der Waals surface area contributed by atoms with E-state index in [1.54, 1.807) is 11.6 Å². The minimum atomic E-state index is 0.209. The van der Waals surface area contributed by atoms with Gasteiger partial charge in [0.1, 0.15) is 0 Å². The Labute approximate surface area is 264 Å². The molecule has 2 aromatic rings. The van der Waals surface area contributed by atoms with E-state index in [4.69, 9.17) is 5.73 Å². The average Bonchev–Trinajstić information content (AvgIpc) is 2.98. The first kappa shape index (κ1) is 44.1. The third-order valence-electron chi connectivity index (χ3n) is 6.57.